The zero-order chi connectivity index (χ0) is 14.5. The van der Waals surface area contributed by atoms with E-state index in [-0.39, 0.29) is 22.9 Å². The molecule has 2 N–H and O–H groups in total. The number of carbonyl (C=O) groups is 1. The van der Waals surface area contributed by atoms with E-state index in [1.54, 1.807) is 6.07 Å². The molecule has 20 heavy (non-hydrogen) atoms. The summed E-state index contributed by atoms with van der Waals surface area (Å²) < 4.78 is 0. The Balaban J connectivity index is 2.01. The summed E-state index contributed by atoms with van der Waals surface area (Å²) in [7, 11) is 0. The van der Waals surface area contributed by atoms with Crippen molar-refractivity contribution >= 4 is 17.5 Å². The van der Waals surface area contributed by atoms with Gasteiger partial charge in [-0.05, 0) is 31.0 Å². The fourth-order valence-corrected chi connectivity index (χ4v) is 2.18. The number of benzene rings is 1. The van der Waals surface area contributed by atoms with Gasteiger partial charge < -0.3 is 10.3 Å². The first-order valence-corrected chi connectivity index (χ1v) is 6.66. The van der Waals surface area contributed by atoms with E-state index in [0.29, 0.717) is 11.4 Å². The van der Waals surface area contributed by atoms with Crippen LogP contribution < -0.4 is 10.7 Å². The molecular weight excluding hydrogens is 276 g/mol. The van der Waals surface area contributed by atoms with Gasteiger partial charge in [-0.1, -0.05) is 23.7 Å². The highest BCUT2D eigenvalue weighted by Gasteiger charge is 2.13. The predicted octanol–water partition coefficient (Wildman–Crippen LogP) is 2.39. The van der Waals surface area contributed by atoms with Gasteiger partial charge in [0.25, 0.3) is 5.91 Å². The third-order valence-electron chi connectivity index (χ3n) is 2.88. The van der Waals surface area contributed by atoms with Gasteiger partial charge in [0, 0.05) is 29.5 Å². The fraction of sp³-hybridized carbons (Fsp3) is 0.200. The summed E-state index contributed by atoms with van der Waals surface area (Å²) in [4.78, 5) is 26.3. The Morgan fingerprint density at radius 2 is 2.20 bits per heavy atom. The third kappa shape index (κ3) is 3.71. The molecule has 1 heterocycles. The van der Waals surface area contributed by atoms with Crippen LogP contribution in [0.5, 0.6) is 0 Å². The average Bonchev–Trinajstić information content (AvgIpc) is 2.38. The average molecular weight is 291 g/mol. The summed E-state index contributed by atoms with van der Waals surface area (Å²) in [6, 6.07) is 8.71. The van der Waals surface area contributed by atoms with Gasteiger partial charge >= 0.3 is 0 Å². The maximum atomic E-state index is 12.0. The van der Waals surface area contributed by atoms with Crippen LogP contribution in [-0.2, 0) is 6.42 Å². The standard InChI is InChI=1S/C15H15ClN2O2/c1-10(7-11-3-2-4-12(16)8-11)18-15(20)13-9-17-6-5-14(13)19/h2-6,8-10H,7H2,1H3,(H,17,19)(H,18,20). The molecule has 4 nitrogen and oxygen atoms in total. The molecule has 1 atom stereocenters. The minimum Gasteiger partial charge on any atom is -0.367 e. The molecule has 2 aromatic rings. The first-order valence-electron chi connectivity index (χ1n) is 6.28. The maximum absolute atomic E-state index is 12.0. The van der Waals surface area contributed by atoms with E-state index in [0.717, 1.165) is 5.56 Å². The number of nitrogens with one attached hydrogen (secondary N) is 2. The number of carbonyl (C=O) groups excluding carboxylic acids is 1. The predicted molar refractivity (Wildman–Crippen MR) is 79.1 cm³/mol. The zero-order valence-corrected chi connectivity index (χ0v) is 11.8. The number of hydrogen-bond donors (Lipinski definition) is 2. The first kappa shape index (κ1) is 14.3. The molecule has 2 rings (SSSR count). The topological polar surface area (TPSA) is 62.0 Å². The van der Waals surface area contributed by atoms with Crippen LogP contribution in [0.25, 0.3) is 0 Å². The summed E-state index contributed by atoms with van der Waals surface area (Å²) in [6.07, 6.45) is 3.55. The van der Waals surface area contributed by atoms with Crippen LogP contribution in [0.3, 0.4) is 0 Å². The second-order valence-corrected chi connectivity index (χ2v) is 5.07. The lowest BCUT2D eigenvalue weighted by atomic mass is 10.1. The van der Waals surface area contributed by atoms with Gasteiger partial charge in [-0.3, -0.25) is 9.59 Å². The molecule has 0 radical (unpaired) electrons. The molecule has 0 saturated carbocycles. The van der Waals surface area contributed by atoms with E-state index in [9.17, 15) is 9.59 Å². The Morgan fingerprint density at radius 1 is 1.40 bits per heavy atom. The summed E-state index contributed by atoms with van der Waals surface area (Å²) in [5.41, 5.74) is 0.855. The highest BCUT2D eigenvalue weighted by atomic mass is 35.5. The van der Waals surface area contributed by atoms with Crippen molar-refractivity contribution in [3.8, 4) is 0 Å². The van der Waals surface area contributed by atoms with Gasteiger partial charge in [0.15, 0.2) is 5.43 Å². The van der Waals surface area contributed by atoms with E-state index in [2.05, 4.69) is 10.3 Å². The molecule has 0 aliphatic carbocycles. The van der Waals surface area contributed by atoms with Crippen molar-refractivity contribution < 1.29 is 4.79 Å². The SMILES string of the molecule is CC(Cc1cccc(Cl)c1)NC(=O)c1c[nH]ccc1=O. The zero-order valence-electron chi connectivity index (χ0n) is 11.0. The Labute approximate surface area is 121 Å². The van der Waals surface area contributed by atoms with Gasteiger partial charge in [0.05, 0.1) is 0 Å². The van der Waals surface area contributed by atoms with Crippen molar-refractivity contribution in [1.29, 1.82) is 0 Å². The molecular formula is C15H15ClN2O2. The molecule has 1 amide bonds. The highest BCUT2D eigenvalue weighted by Crippen LogP contribution is 2.12. The molecule has 1 aromatic heterocycles. The van der Waals surface area contributed by atoms with Gasteiger partial charge in [0.2, 0.25) is 0 Å². The minimum atomic E-state index is -0.374. The van der Waals surface area contributed by atoms with E-state index in [1.807, 2.05) is 25.1 Å². The Morgan fingerprint density at radius 3 is 2.90 bits per heavy atom. The van der Waals surface area contributed by atoms with E-state index >= 15 is 0 Å². The van der Waals surface area contributed by atoms with Gasteiger partial charge in [-0.25, -0.2) is 0 Å². The van der Waals surface area contributed by atoms with Gasteiger partial charge in [-0.15, -0.1) is 0 Å². The van der Waals surface area contributed by atoms with E-state index in [1.165, 1.54) is 18.5 Å². The van der Waals surface area contributed by atoms with Gasteiger partial charge in [0.1, 0.15) is 5.56 Å². The number of aromatic amines is 1. The number of amides is 1. The van der Waals surface area contributed by atoms with Crippen LogP contribution in [0.2, 0.25) is 5.02 Å². The molecule has 1 unspecified atom stereocenters. The molecule has 0 aliphatic rings. The minimum absolute atomic E-state index is 0.0967. The largest absolute Gasteiger partial charge is 0.367 e. The van der Waals surface area contributed by atoms with E-state index < -0.39 is 0 Å². The quantitative estimate of drug-likeness (QED) is 0.908. The lowest BCUT2D eigenvalue weighted by molar-refractivity contribution is 0.0938. The fourth-order valence-electron chi connectivity index (χ4n) is 1.96. The summed E-state index contributed by atoms with van der Waals surface area (Å²) in [6.45, 7) is 1.88. The van der Waals surface area contributed by atoms with Crippen LogP contribution in [0.15, 0.2) is 47.5 Å². The third-order valence-corrected chi connectivity index (χ3v) is 3.11. The summed E-state index contributed by atoms with van der Waals surface area (Å²) >= 11 is 5.92. The number of halogens is 1. The first-order chi connectivity index (χ1) is 9.56. The molecule has 0 aliphatic heterocycles. The molecule has 0 bridgehead atoms. The maximum Gasteiger partial charge on any atom is 0.256 e. The molecule has 0 fully saturated rings. The lowest BCUT2D eigenvalue weighted by Crippen LogP contribution is -2.36. The number of H-pyrrole nitrogens is 1. The molecule has 5 heteroatoms. The van der Waals surface area contributed by atoms with Crippen LogP contribution in [0.1, 0.15) is 22.8 Å². The number of hydrogen-bond acceptors (Lipinski definition) is 2. The summed E-state index contributed by atoms with van der Waals surface area (Å²) in [5.74, 6) is -0.374. The van der Waals surface area contributed by atoms with Crippen LogP contribution in [-0.4, -0.2) is 16.9 Å². The smallest absolute Gasteiger partial charge is 0.256 e. The molecule has 0 saturated heterocycles. The second-order valence-electron chi connectivity index (χ2n) is 4.63. The van der Waals surface area contributed by atoms with Crippen molar-refractivity contribution in [3.05, 3.63) is 69.1 Å². The van der Waals surface area contributed by atoms with Crippen molar-refractivity contribution in [3.63, 3.8) is 0 Å². The van der Waals surface area contributed by atoms with Crippen LogP contribution in [0.4, 0.5) is 0 Å². The Bertz CT molecular complexity index is 667. The van der Waals surface area contributed by atoms with Crippen molar-refractivity contribution in [1.82, 2.24) is 10.3 Å². The Hall–Kier alpha value is -2.07. The van der Waals surface area contributed by atoms with Crippen molar-refractivity contribution in [2.24, 2.45) is 0 Å². The molecule has 104 valence electrons. The second kappa shape index (κ2) is 6.39. The van der Waals surface area contributed by atoms with Gasteiger partial charge in [-0.2, -0.15) is 0 Å². The lowest BCUT2D eigenvalue weighted by Gasteiger charge is -2.13. The molecule has 0 spiro atoms. The van der Waals surface area contributed by atoms with Crippen LogP contribution >= 0.6 is 11.6 Å². The summed E-state index contributed by atoms with van der Waals surface area (Å²) in [5, 5.41) is 3.47. The van der Waals surface area contributed by atoms with E-state index in [4.69, 9.17) is 11.6 Å². The normalized spacial score (nSPS) is 11.9. The number of aromatic nitrogens is 1. The van der Waals surface area contributed by atoms with Crippen LogP contribution in [0, 0.1) is 0 Å². The Kier molecular flexibility index (Phi) is 4.58. The monoisotopic (exact) mass is 290 g/mol. The number of rotatable bonds is 4. The highest BCUT2D eigenvalue weighted by molar-refractivity contribution is 6.30. The number of pyridine rings is 1. The van der Waals surface area contributed by atoms with Crippen molar-refractivity contribution in [2.75, 3.05) is 0 Å². The molecule has 1 aromatic carbocycles. The van der Waals surface area contributed by atoms with Crippen molar-refractivity contribution in [2.45, 2.75) is 19.4 Å².